The van der Waals surface area contributed by atoms with Gasteiger partial charge in [-0.2, -0.15) is 4.98 Å². The third-order valence-electron chi connectivity index (χ3n) is 3.38. The summed E-state index contributed by atoms with van der Waals surface area (Å²) in [5.74, 6) is 1.19. The van der Waals surface area contributed by atoms with Crippen LogP contribution >= 0.6 is 0 Å². The zero-order valence-corrected chi connectivity index (χ0v) is 13.4. The second-order valence-electron chi connectivity index (χ2n) is 5.02. The fourth-order valence-corrected chi connectivity index (χ4v) is 2.14. The molecule has 0 spiro atoms. The molecule has 8 nitrogen and oxygen atoms in total. The monoisotopic (exact) mass is 329 g/mol. The van der Waals surface area contributed by atoms with Crippen molar-refractivity contribution in [3.05, 3.63) is 47.2 Å². The molecule has 0 fully saturated rings. The van der Waals surface area contributed by atoms with Crippen LogP contribution in [0.3, 0.4) is 0 Å². The zero-order valence-electron chi connectivity index (χ0n) is 13.4. The van der Waals surface area contributed by atoms with Crippen molar-refractivity contribution in [2.75, 3.05) is 7.11 Å². The van der Waals surface area contributed by atoms with Crippen molar-refractivity contribution >= 4 is 5.97 Å². The highest BCUT2D eigenvalue weighted by Gasteiger charge is 2.20. The Kier molecular flexibility index (Phi) is 4.28. The molecule has 0 saturated heterocycles. The molecule has 0 N–H and O–H groups in total. The van der Waals surface area contributed by atoms with Gasteiger partial charge in [0.1, 0.15) is 17.1 Å². The predicted molar refractivity (Wildman–Crippen MR) is 81.4 cm³/mol. The molecule has 0 aliphatic carbocycles. The molecule has 0 bridgehead atoms. The fourth-order valence-electron chi connectivity index (χ4n) is 2.14. The summed E-state index contributed by atoms with van der Waals surface area (Å²) in [5, 5.41) is 7.58. The zero-order chi connectivity index (χ0) is 17.1. The quantitative estimate of drug-likeness (QED) is 0.659. The Morgan fingerprint density at radius 2 is 1.88 bits per heavy atom. The van der Waals surface area contributed by atoms with Crippen LogP contribution in [0.25, 0.3) is 11.4 Å². The maximum Gasteiger partial charge on any atom is 0.344 e. The number of benzene rings is 1. The van der Waals surface area contributed by atoms with Crippen molar-refractivity contribution in [1.82, 2.24) is 15.3 Å². The molecule has 24 heavy (non-hydrogen) atoms. The molecule has 1 aromatic carbocycles. The fraction of sp³-hybridized carbons (Fsp3) is 0.250. The lowest BCUT2D eigenvalue weighted by atomic mass is 10.2. The van der Waals surface area contributed by atoms with Crippen LogP contribution in [0.1, 0.15) is 27.7 Å². The molecule has 2 aromatic heterocycles. The van der Waals surface area contributed by atoms with Crippen LogP contribution < -0.4 is 4.74 Å². The highest BCUT2D eigenvalue weighted by atomic mass is 16.6. The number of hydrogen-bond acceptors (Lipinski definition) is 8. The molecular formula is C16H15N3O5. The van der Waals surface area contributed by atoms with Gasteiger partial charge in [0.2, 0.25) is 5.82 Å². The Morgan fingerprint density at radius 3 is 2.50 bits per heavy atom. The lowest BCUT2D eigenvalue weighted by molar-refractivity contribution is 0.0427. The van der Waals surface area contributed by atoms with Gasteiger partial charge in [-0.3, -0.25) is 0 Å². The van der Waals surface area contributed by atoms with Gasteiger partial charge in [-0.1, -0.05) is 10.3 Å². The Balaban J connectivity index is 1.67. The van der Waals surface area contributed by atoms with Gasteiger partial charge in [-0.15, -0.1) is 0 Å². The van der Waals surface area contributed by atoms with Crippen molar-refractivity contribution in [1.29, 1.82) is 0 Å². The summed E-state index contributed by atoms with van der Waals surface area (Å²) in [6.45, 7) is 3.18. The molecule has 2 heterocycles. The molecular weight excluding hydrogens is 314 g/mol. The highest BCUT2D eigenvalue weighted by Crippen LogP contribution is 2.20. The molecule has 0 aliphatic heterocycles. The molecule has 3 aromatic rings. The van der Waals surface area contributed by atoms with Crippen molar-refractivity contribution < 1.29 is 23.3 Å². The summed E-state index contributed by atoms with van der Waals surface area (Å²) in [7, 11) is 1.59. The predicted octanol–water partition coefficient (Wildman–Crippen LogP) is 2.71. The van der Waals surface area contributed by atoms with Gasteiger partial charge in [0.15, 0.2) is 6.61 Å². The molecule has 0 unspecified atom stereocenters. The lowest BCUT2D eigenvalue weighted by Crippen LogP contribution is -2.07. The number of rotatable bonds is 5. The first-order valence-electron chi connectivity index (χ1n) is 7.15. The molecule has 0 amide bonds. The average Bonchev–Trinajstić information content (AvgIpc) is 3.20. The summed E-state index contributed by atoms with van der Waals surface area (Å²) >= 11 is 0. The van der Waals surface area contributed by atoms with E-state index in [0.717, 1.165) is 11.3 Å². The Bertz CT molecular complexity index is 831. The van der Waals surface area contributed by atoms with Gasteiger partial charge in [-0.05, 0) is 38.1 Å². The van der Waals surface area contributed by atoms with E-state index in [1.807, 2.05) is 12.1 Å². The van der Waals surface area contributed by atoms with Gasteiger partial charge in [0.25, 0.3) is 5.89 Å². The van der Waals surface area contributed by atoms with E-state index in [0.29, 0.717) is 22.8 Å². The van der Waals surface area contributed by atoms with Gasteiger partial charge in [0.05, 0.1) is 12.8 Å². The highest BCUT2D eigenvalue weighted by molar-refractivity contribution is 5.91. The number of hydrogen-bond donors (Lipinski definition) is 0. The van der Waals surface area contributed by atoms with Crippen molar-refractivity contribution in [3.63, 3.8) is 0 Å². The minimum Gasteiger partial charge on any atom is -0.497 e. The third-order valence-corrected chi connectivity index (χ3v) is 3.38. The molecule has 3 rings (SSSR count). The van der Waals surface area contributed by atoms with E-state index in [9.17, 15) is 4.79 Å². The molecule has 0 saturated carbocycles. The maximum atomic E-state index is 12.0. The van der Waals surface area contributed by atoms with Gasteiger partial charge >= 0.3 is 5.97 Å². The van der Waals surface area contributed by atoms with E-state index >= 15 is 0 Å². The van der Waals surface area contributed by atoms with Crippen LogP contribution in [0.4, 0.5) is 0 Å². The van der Waals surface area contributed by atoms with Crippen LogP contribution in [0.15, 0.2) is 33.3 Å². The number of aryl methyl sites for hydroxylation is 2. The number of carbonyl (C=O) groups excluding carboxylic acids is 1. The van der Waals surface area contributed by atoms with E-state index in [4.69, 9.17) is 18.5 Å². The van der Waals surface area contributed by atoms with Gasteiger partial charge in [0, 0.05) is 5.56 Å². The number of methoxy groups -OCH3 is 1. The number of aromatic nitrogens is 3. The van der Waals surface area contributed by atoms with Crippen molar-refractivity contribution in [2.45, 2.75) is 20.5 Å². The number of ether oxygens (including phenoxy) is 2. The van der Waals surface area contributed by atoms with E-state index in [1.54, 1.807) is 33.1 Å². The second kappa shape index (κ2) is 6.53. The average molecular weight is 329 g/mol. The minimum atomic E-state index is -0.546. The number of carbonyl (C=O) groups is 1. The van der Waals surface area contributed by atoms with Crippen LogP contribution in [0.2, 0.25) is 0 Å². The number of esters is 1. The van der Waals surface area contributed by atoms with Crippen molar-refractivity contribution in [3.8, 4) is 17.1 Å². The van der Waals surface area contributed by atoms with Crippen LogP contribution in [0.5, 0.6) is 5.75 Å². The van der Waals surface area contributed by atoms with Crippen LogP contribution in [-0.2, 0) is 11.3 Å². The Hall–Kier alpha value is -3.16. The minimum absolute atomic E-state index is 0.133. The third kappa shape index (κ3) is 3.12. The van der Waals surface area contributed by atoms with Crippen LogP contribution in [0, 0.1) is 13.8 Å². The lowest BCUT2D eigenvalue weighted by Gasteiger charge is -2.00. The Morgan fingerprint density at radius 1 is 1.12 bits per heavy atom. The summed E-state index contributed by atoms with van der Waals surface area (Å²) < 4.78 is 20.3. The van der Waals surface area contributed by atoms with E-state index in [-0.39, 0.29) is 12.5 Å². The van der Waals surface area contributed by atoms with E-state index in [1.165, 1.54) is 0 Å². The summed E-state index contributed by atoms with van der Waals surface area (Å²) in [5.41, 5.74) is 1.55. The molecule has 0 radical (unpaired) electrons. The van der Waals surface area contributed by atoms with Crippen molar-refractivity contribution in [2.24, 2.45) is 0 Å². The SMILES string of the molecule is COc1ccc(-c2noc(COC(=O)c3c(C)noc3C)n2)cc1. The van der Waals surface area contributed by atoms with Crippen LogP contribution in [-0.4, -0.2) is 28.4 Å². The summed E-state index contributed by atoms with van der Waals surface area (Å²) in [6, 6.07) is 7.21. The molecule has 0 atom stereocenters. The Labute approximate surface area is 137 Å². The number of nitrogens with zero attached hydrogens (tertiary/aromatic N) is 3. The van der Waals surface area contributed by atoms with Gasteiger partial charge in [-0.25, -0.2) is 4.79 Å². The summed E-state index contributed by atoms with van der Waals surface area (Å²) in [4.78, 5) is 16.2. The first kappa shape index (κ1) is 15.7. The van der Waals surface area contributed by atoms with E-state index < -0.39 is 5.97 Å². The molecule has 124 valence electrons. The summed E-state index contributed by atoms with van der Waals surface area (Å²) in [6.07, 6.45) is 0. The first-order valence-corrected chi connectivity index (χ1v) is 7.15. The topological polar surface area (TPSA) is 100 Å². The van der Waals surface area contributed by atoms with Gasteiger partial charge < -0.3 is 18.5 Å². The smallest absolute Gasteiger partial charge is 0.344 e. The largest absolute Gasteiger partial charge is 0.497 e. The van der Waals surface area contributed by atoms with E-state index in [2.05, 4.69) is 15.3 Å². The second-order valence-corrected chi connectivity index (χ2v) is 5.02. The maximum absolute atomic E-state index is 12.0. The molecule has 0 aliphatic rings. The molecule has 8 heteroatoms. The standard InChI is InChI=1S/C16H15N3O5/c1-9-14(10(2)23-18-9)16(20)22-8-13-17-15(19-24-13)11-4-6-12(21-3)7-5-11/h4-7H,8H2,1-3H3. The first-order chi connectivity index (χ1) is 11.6. The normalized spacial score (nSPS) is 10.6.